The molecule has 0 aliphatic rings. The van der Waals surface area contributed by atoms with Crippen molar-refractivity contribution >= 4 is 11.9 Å². The van der Waals surface area contributed by atoms with Crippen LogP contribution in [0.15, 0.2) is 24.3 Å². The number of ether oxygens (including phenoxy) is 1. The third kappa shape index (κ3) is 59.6. The van der Waals surface area contributed by atoms with Crippen molar-refractivity contribution in [3.63, 3.8) is 0 Å². The zero-order valence-electron chi connectivity index (χ0n) is 50.1. The number of carbonyl (C=O) groups excluding carboxylic acids is 2. The van der Waals surface area contributed by atoms with Gasteiger partial charge in [0.25, 0.3) is 0 Å². The lowest BCUT2D eigenvalue weighted by molar-refractivity contribution is -0.143. The maximum atomic E-state index is 12.5. The minimum absolute atomic E-state index is 0.0143. The fraction of sp³-hybridized carbons (Fsp3) is 0.912. The van der Waals surface area contributed by atoms with E-state index in [1.807, 2.05) is 0 Å². The number of nitrogens with one attached hydrogen (secondary N) is 1. The Morgan fingerprint density at radius 3 is 1.03 bits per heavy atom. The van der Waals surface area contributed by atoms with Gasteiger partial charge in [0.1, 0.15) is 0 Å². The minimum Gasteiger partial charge on any atom is -0.466 e. The Morgan fingerprint density at radius 1 is 0.378 bits per heavy atom. The molecule has 438 valence electrons. The summed E-state index contributed by atoms with van der Waals surface area (Å²) in [6.45, 7) is 4.97. The molecule has 0 aromatic heterocycles. The molecule has 6 nitrogen and oxygen atoms in total. The van der Waals surface area contributed by atoms with Gasteiger partial charge in [0.15, 0.2) is 0 Å². The zero-order chi connectivity index (χ0) is 53.6. The van der Waals surface area contributed by atoms with Gasteiger partial charge in [-0.15, -0.1) is 0 Å². The average Bonchev–Trinajstić information content (AvgIpc) is 3.40. The van der Waals surface area contributed by atoms with Gasteiger partial charge in [-0.2, -0.15) is 0 Å². The van der Waals surface area contributed by atoms with Crippen LogP contribution in [-0.2, 0) is 14.3 Å². The molecule has 1 amide bonds. The van der Waals surface area contributed by atoms with Crippen LogP contribution in [-0.4, -0.2) is 47.4 Å². The fourth-order valence-electron chi connectivity index (χ4n) is 10.6. The second-order valence-corrected chi connectivity index (χ2v) is 23.2. The van der Waals surface area contributed by atoms with Crippen molar-refractivity contribution in [2.24, 2.45) is 0 Å². The number of aliphatic hydroxyl groups excluding tert-OH is 2. The molecule has 3 N–H and O–H groups in total. The van der Waals surface area contributed by atoms with Crippen LogP contribution in [0.3, 0.4) is 0 Å². The molecule has 0 saturated heterocycles. The Hall–Kier alpha value is -1.66. The third-order valence-electron chi connectivity index (χ3n) is 15.8. The van der Waals surface area contributed by atoms with Gasteiger partial charge < -0.3 is 20.3 Å². The number of carbonyl (C=O) groups is 2. The van der Waals surface area contributed by atoms with Crippen molar-refractivity contribution in [3.05, 3.63) is 24.3 Å². The normalized spacial score (nSPS) is 12.6. The molecule has 2 atom stereocenters. The lowest BCUT2D eigenvalue weighted by Gasteiger charge is -2.22. The standard InChI is InChI=1S/C68H131NO5/c1-3-5-7-9-11-13-15-17-37-40-44-48-52-56-60-66(71)65(64-70)69-67(72)61-57-53-49-45-41-38-35-33-31-29-27-25-23-21-19-18-20-22-24-26-28-30-32-34-36-39-43-47-51-55-59-63-74-68(73)62-58-54-50-46-42-16-14-12-10-8-6-4-2/h20,22,26,28,65-66,70-71H,3-19,21,23-25,27,29-64H2,1-2H3,(H,69,72)/b22-20-,28-26-. The number of rotatable bonds is 63. The fourth-order valence-corrected chi connectivity index (χ4v) is 10.6. The van der Waals surface area contributed by atoms with Gasteiger partial charge in [0.05, 0.1) is 25.4 Å². The van der Waals surface area contributed by atoms with Crippen LogP contribution in [0.5, 0.6) is 0 Å². The maximum Gasteiger partial charge on any atom is 0.305 e. The number of hydrogen-bond donors (Lipinski definition) is 3. The van der Waals surface area contributed by atoms with Gasteiger partial charge in [-0.3, -0.25) is 9.59 Å². The molecule has 0 heterocycles. The zero-order valence-corrected chi connectivity index (χ0v) is 50.1. The first-order valence-corrected chi connectivity index (χ1v) is 33.6. The van der Waals surface area contributed by atoms with Crippen molar-refractivity contribution in [1.82, 2.24) is 5.32 Å². The van der Waals surface area contributed by atoms with E-state index in [4.69, 9.17) is 4.74 Å². The highest BCUT2D eigenvalue weighted by Crippen LogP contribution is 2.18. The smallest absolute Gasteiger partial charge is 0.305 e. The number of allylic oxidation sites excluding steroid dienone is 4. The molecule has 74 heavy (non-hydrogen) atoms. The maximum absolute atomic E-state index is 12.5. The van der Waals surface area contributed by atoms with Crippen LogP contribution in [0.4, 0.5) is 0 Å². The van der Waals surface area contributed by atoms with Crippen LogP contribution >= 0.6 is 0 Å². The average molecular weight is 1040 g/mol. The number of esters is 1. The molecule has 0 saturated carbocycles. The predicted octanol–water partition coefficient (Wildman–Crippen LogP) is 21.4. The molecule has 0 aliphatic heterocycles. The molecule has 0 radical (unpaired) electrons. The lowest BCUT2D eigenvalue weighted by Crippen LogP contribution is -2.45. The van der Waals surface area contributed by atoms with Gasteiger partial charge in [-0.05, 0) is 57.8 Å². The first-order valence-electron chi connectivity index (χ1n) is 33.6. The van der Waals surface area contributed by atoms with Crippen LogP contribution in [0.25, 0.3) is 0 Å². The molecule has 0 rings (SSSR count). The molecular formula is C68H131NO5. The first-order chi connectivity index (χ1) is 36.5. The summed E-state index contributed by atoms with van der Waals surface area (Å²) in [6.07, 6.45) is 79.3. The van der Waals surface area contributed by atoms with Crippen molar-refractivity contribution < 1.29 is 24.5 Å². The molecule has 0 fully saturated rings. The number of amides is 1. The Bertz CT molecular complexity index is 1150. The van der Waals surface area contributed by atoms with E-state index in [1.165, 1.54) is 295 Å². The van der Waals surface area contributed by atoms with Gasteiger partial charge in [0, 0.05) is 12.8 Å². The van der Waals surface area contributed by atoms with Crippen molar-refractivity contribution in [2.45, 2.75) is 386 Å². The SMILES string of the molecule is CCCCCCCCCCCCCCCCC(O)C(CO)NC(=O)CCCCCCCCCCCCCCCCC/C=C\C/C=C\CCCCCCCCCCCOC(=O)CCCCCCCCCCCCCC. The summed E-state index contributed by atoms with van der Waals surface area (Å²) in [5, 5.41) is 23.3. The highest BCUT2D eigenvalue weighted by molar-refractivity contribution is 5.76. The van der Waals surface area contributed by atoms with E-state index in [2.05, 4.69) is 43.5 Å². The Labute approximate surface area is 462 Å². The van der Waals surface area contributed by atoms with E-state index in [-0.39, 0.29) is 18.5 Å². The van der Waals surface area contributed by atoms with Gasteiger partial charge in [-0.25, -0.2) is 0 Å². The molecular weight excluding hydrogens is 911 g/mol. The summed E-state index contributed by atoms with van der Waals surface area (Å²) in [4.78, 5) is 24.5. The summed E-state index contributed by atoms with van der Waals surface area (Å²) >= 11 is 0. The molecule has 6 heteroatoms. The van der Waals surface area contributed by atoms with E-state index in [1.54, 1.807) is 0 Å². The molecule has 0 aromatic rings. The molecule has 2 unspecified atom stereocenters. The van der Waals surface area contributed by atoms with Gasteiger partial charge in [-0.1, -0.05) is 327 Å². The van der Waals surface area contributed by atoms with Crippen molar-refractivity contribution in [2.75, 3.05) is 13.2 Å². The topological polar surface area (TPSA) is 95.9 Å². The summed E-state index contributed by atoms with van der Waals surface area (Å²) in [5.41, 5.74) is 0. The summed E-state index contributed by atoms with van der Waals surface area (Å²) in [6, 6.07) is -0.540. The Balaban J connectivity index is 3.38. The number of hydrogen-bond acceptors (Lipinski definition) is 5. The number of aliphatic hydroxyl groups is 2. The Kier molecular flexibility index (Phi) is 62.4. The molecule has 0 spiro atoms. The van der Waals surface area contributed by atoms with E-state index in [0.29, 0.717) is 25.9 Å². The van der Waals surface area contributed by atoms with E-state index >= 15 is 0 Å². The van der Waals surface area contributed by atoms with Crippen LogP contribution in [0.1, 0.15) is 373 Å². The largest absolute Gasteiger partial charge is 0.466 e. The first kappa shape index (κ1) is 72.3. The summed E-state index contributed by atoms with van der Waals surface area (Å²) < 4.78 is 5.47. The van der Waals surface area contributed by atoms with Crippen molar-refractivity contribution in [1.29, 1.82) is 0 Å². The van der Waals surface area contributed by atoms with Gasteiger partial charge in [0.2, 0.25) is 5.91 Å². The highest BCUT2D eigenvalue weighted by atomic mass is 16.5. The third-order valence-corrected chi connectivity index (χ3v) is 15.8. The number of unbranched alkanes of at least 4 members (excludes halogenated alkanes) is 48. The quantitative estimate of drug-likeness (QED) is 0.0320. The minimum atomic E-state index is -0.663. The highest BCUT2D eigenvalue weighted by Gasteiger charge is 2.20. The van der Waals surface area contributed by atoms with E-state index in [0.717, 1.165) is 44.9 Å². The van der Waals surface area contributed by atoms with E-state index in [9.17, 15) is 19.8 Å². The monoisotopic (exact) mass is 1040 g/mol. The second-order valence-electron chi connectivity index (χ2n) is 23.2. The summed E-state index contributed by atoms with van der Waals surface area (Å²) in [7, 11) is 0. The molecule has 0 aliphatic carbocycles. The van der Waals surface area contributed by atoms with Crippen LogP contribution in [0.2, 0.25) is 0 Å². The molecule has 0 bridgehead atoms. The predicted molar refractivity (Wildman–Crippen MR) is 324 cm³/mol. The lowest BCUT2D eigenvalue weighted by atomic mass is 10.0. The van der Waals surface area contributed by atoms with Crippen LogP contribution in [0, 0.1) is 0 Å². The second kappa shape index (κ2) is 63.9. The van der Waals surface area contributed by atoms with E-state index < -0.39 is 12.1 Å². The Morgan fingerprint density at radius 2 is 0.676 bits per heavy atom. The van der Waals surface area contributed by atoms with Gasteiger partial charge >= 0.3 is 5.97 Å². The summed E-state index contributed by atoms with van der Waals surface area (Å²) in [5.74, 6) is -0.0179. The molecule has 0 aromatic carbocycles. The van der Waals surface area contributed by atoms with Crippen LogP contribution < -0.4 is 5.32 Å². The van der Waals surface area contributed by atoms with Crippen molar-refractivity contribution in [3.8, 4) is 0 Å².